The average Bonchev–Trinajstić information content (AvgIpc) is 3.02. The van der Waals surface area contributed by atoms with Gasteiger partial charge in [0.2, 0.25) is 0 Å². The van der Waals surface area contributed by atoms with Crippen LogP contribution in [0.1, 0.15) is 40.8 Å². The van der Waals surface area contributed by atoms with Gasteiger partial charge in [-0.25, -0.2) is 4.79 Å². The van der Waals surface area contributed by atoms with Crippen LogP contribution in [0.25, 0.3) is 0 Å². The van der Waals surface area contributed by atoms with Crippen LogP contribution in [0.3, 0.4) is 0 Å². The number of ether oxygens (including phenoxy) is 1. The van der Waals surface area contributed by atoms with Crippen molar-refractivity contribution in [3.63, 3.8) is 0 Å². The van der Waals surface area contributed by atoms with Crippen LogP contribution in [0.5, 0.6) is 5.75 Å². The van der Waals surface area contributed by atoms with Crippen LogP contribution in [0.15, 0.2) is 16.7 Å². The van der Waals surface area contributed by atoms with Gasteiger partial charge in [0.25, 0.3) is 5.91 Å². The lowest BCUT2D eigenvalue weighted by molar-refractivity contribution is -0.131. The van der Waals surface area contributed by atoms with Crippen molar-refractivity contribution in [2.24, 2.45) is 0 Å². The number of methoxy groups -OCH3 is 1. The maximum atomic E-state index is 13.1. The van der Waals surface area contributed by atoms with E-state index in [1.54, 1.807) is 33.2 Å². The number of imide groups is 1. The molecule has 0 spiro atoms. The Morgan fingerprint density at radius 3 is 2.54 bits per heavy atom. The molecule has 3 heterocycles. The van der Waals surface area contributed by atoms with Crippen molar-refractivity contribution in [2.75, 3.05) is 7.11 Å². The maximum Gasteiger partial charge on any atom is 0.325 e. The number of amides is 3. The number of aromatic nitrogens is 1. The number of nitrogens with one attached hydrogen (secondary N) is 1. The van der Waals surface area contributed by atoms with Gasteiger partial charge in [0.15, 0.2) is 0 Å². The largest absolute Gasteiger partial charge is 0.496 e. The van der Waals surface area contributed by atoms with Crippen LogP contribution in [-0.4, -0.2) is 28.9 Å². The van der Waals surface area contributed by atoms with Crippen LogP contribution in [0.2, 0.25) is 0 Å². The van der Waals surface area contributed by atoms with E-state index in [1.807, 2.05) is 20.8 Å². The van der Waals surface area contributed by atoms with E-state index in [1.165, 1.54) is 4.90 Å². The van der Waals surface area contributed by atoms with Gasteiger partial charge in [-0.1, -0.05) is 0 Å². The molecule has 0 bridgehead atoms. The topological polar surface area (TPSA) is 84.7 Å². The number of pyridine rings is 1. The fourth-order valence-electron chi connectivity index (χ4n) is 3.53. The molecule has 1 N–H and O–H groups in total. The summed E-state index contributed by atoms with van der Waals surface area (Å²) in [5.74, 6) is 1.70. The summed E-state index contributed by atoms with van der Waals surface area (Å²) in [5, 5.41) is 2.80. The van der Waals surface area contributed by atoms with Gasteiger partial charge in [-0.05, 0) is 40.7 Å². The molecule has 0 aliphatic carbocycles. The molecule has 26 heavy (non-hydrogen) atoms. The van der Waals surface area contributed by atoms with Crippen LogP contribution in [-0.2, 0) is 16.9 Å². The zero-order chi connectivity index (χ0) is 19.2. The monoisotopic (exact) mass is 357 g/mol. The normalized spacial score (nSPS) is 19.8. The summed E-state index contributed by atoms with van der Waals surface area (Å²) in [5.41, 5.74) is 1.86. The summed E-state index contributed by atoms with van der Waals surface area (Å²) in [7, 11) is 1.59. The van der Waals surface area contributed by atoms with Gasteiger partial charge in [-0.2, -0.15) is 0 Å². The minimum absolute atomic E-state index is 0.0820. The molecule has 0 aromatic carbocycles. The molecule has 0 radical (unpaired) electrons. The summed E-state index contributed by atoms with van der Waals surface area (Å²) in [4.78, 5) is 31.2. The predicted octanol–water partition coefficient (Wildman–Crippen LogP) is 2.88. The fraction of sp³-hybridized carbons (Fsp3) is 0.421. The van der Waals surface area contributed by atoms with Crippen molar-refractivity contribution in [2.45, 2.75) is 46.7 Å². The molecule has 7 heteroatoms. The highest BCUT2D eigenvalue weighted by Crippen LogP contribution is 2.34. The molecule has 7 nitrogen and oxygen atoms in total. The van der Waals surface area contributed by atoms with Crippen molar-refractivity contribution < 1.29 is 18.7 Å². The Kier molecular flexibility index (Phi) is 4.26. The van der Waals surface area contributed by atoms with Crippen molar-refractivity contribution >= 4 is 11.9 Å². The Bertz CT molecular complexity index is 902. The fourth-order valence-corrected chi connectivity index (χ4v) is 3.53. The molecule has 1 fully saturated rings. The number of rotatable bonds is 4. The van der Waals surface area contributed by atoms with Crippen molar-refractivity contribution in [3.8, 4) is 5.75 Å². The number of carbonyl (C=O) groups is 2. The smallest absolute Gasteiger partial charge is 0.325 e. The molecule has 1 aliphatic rings. The van der Waals surface area contributed by atoms with Gasteiger partial charge in [0, 0.05) is 22.9 Å². The van der Waals surface area contributed by atoms with Crippen molar-refractivity contribution in [1.82, 2.24) is 15.2 Å². The van der Waals surface area contributed by atoms with E-state index in [-0.39, 0.29) is 12.5 Å². The number of urea groups is 1. The number of nitrogens with zero attached hydrogens (tertiary/aromatic N) is 2. The van der Waals surface area contributed by atoms with Gasteiger partial charge in [-0.3, -0.25) is 14.7 Å². The Labute approximate surface area is 152 Å². The molecule has 3 rings (SSSR count). The third-order valence-electron chi connectivity index (χ3n) is 4.91. The first kappa shape index (κ1) is 18.0. The minimum atomic E-state index is -1.15. The third-order valence-corrected chi connectivity index (χ3v) is 4.91. The highest BCUT2D eigenvalue weighted by atomic mass is 16.5. The highest BCUT2D eigenvalue weighted by molar-refractivity contribution is 6.07. The van der Waals surface area contributed by atoms with E-state index >= 15 is 0 Å². The molecular formula is C19H23N3O4. The van der Waals surface area contributed by atoms with Crippen molar-refractivity contribution in [1.29, 1.82) is 0 Å². The Balaban J connectivity index is 1.95. The van der Waals surface area contributed by atoms with Gasteiger partial charge >= 0.3 is 6.03 Å². The second-order valence-corrected chi connectivity index (χ2v) is 6.82. The molecule has 138 valence electrons. The SMILES string of the molecule is COc1c(C)cnc(CN2C(=O)NC(C)(c3cc(C)oc3C)C2=O)c1C. The quantitative estimate of drug-likeness (QED) is 0.851. The zero-order valence-corrected chi connectivity index (χ0v) is 15.9. The summed E-state index contributed by atoms with van der Waals surface area (Å²) in [6.07, 6.45) is 1.68. The molecule has 1 aliphatic heterocycles. The molecule has 1 atom stereocenters. The lowest BCUT2D eigenvalue weighted by Gasteiger charge is -2.21. The van der Waals surface area contributed by atoms with Crippen molar-refractivity contribution in [3.05, 3.63) is 46.2 Å². The number of aryl methyl sites for hydroxylation is 3. The summed E-state index contributed by atoms with van der Waals surface area (Å²) >= 11 is 0. The van der Waals surface area contributed by atoms with E-state index in [4.69, 9.17) is 9.15 Å². The second kappa shape index (κ2) is 6.16. The molecule has 2 aromatic heterocycles. The molecule has 1 unspecified atom stereocenters. The summed E-state index contributed by atoms with van der Waals surface area (Å²) in [6.45, 7) is 9.14. The van der Waals surface area contributed by atoms with Crippen LogP contribution >= 0.6 is 0 Å². The standard InChI is InChI=1S/C19H23N3O4/c1-10-8-20-15(12(3)16(10)25-6)9-22-17(23)19(5,21-18(22)24)14-7-11(2)26-13(14)4/h7-8H,9H2,1-6H3,(H,21,24). The van der Waals surface area contributed by atoms with Gasteiger partial charge < -0.3 is 14.5 Å². The average molecular weight is 357 g/mol. The molecule has 1 saturated heterocycles. The molecule has 3 amide bonds. The molecule has 2 aromatic rings. The first-order chi connectivity index (χ1) is 12.2. The highest BCUT2D eigenvalue weighted by Gasteiger charge is 2.50. The Morgan fingerprint density at radius 1 is 1.27 bits per heavy atom. The van der Waals surface area contributed by atoms with E-state index in [0.717, 1.165) is 11.1 Å². The summed E-state index contributed by atoms with van der Waals surface area (Å²) < 4.78 is 10.9. The Hall–Kier alpha value is -2.83. The van der Waals surface area contributed by atoms with Gasteiger partial charge in [0.1, 0.15) is 22.8 Å². The van der Waals surface area contributed by atoms with Crippen LogP contribution in [0.4, 0.5) is 4.79 Å². The predicted molar refractivity (Wildman–Crippen MR) is 94.9 cm³/mol. The number of furan rings is 1. The number of hydrogen-bond acceptors (Lipinski definition) is 5. The van der Waals surface area contributed by atoms with E-state index in [9.17, 15) is 9.59 Å². The third kappa shape index (κ3) is 2.64. The van der Waals surface area contributed by atoms with E-state index in [2.05, 4.69) is 10.3 Å². The minimum Gasteiger partial charge on any atom is -0.496 e. The lowest BCUT2D eigenvalue weighted by Crippen LogP contribution is -2.41. The number of carbonyl (C=O) groups excluding carboxylic acids is 2. The van der Waals surface area contributed by atoms with E-state index in [0.29, 0.717) is 28.5 Å². The molecule has 0 saturated carbocycles. The summed E-state index contributed by atoms with van der Waals surface area (Å²) in [6, 6.07) is 1.34. The lowest BCUT2D eigenvalue weighted by atomic mass is 9.92. The first-order valence-corrected chi connectivity index (χ1v) is 8.39. The van der Waals surface area contributed by atoms with Gasteiger partial charge in [-0.15, -0.1) is 0 Å². The number of hydrogen-bond donors (Lipinski definition) is 1. The molecular weight excluding hydrogens is 334 g/mol. The first-order valence-electron chi connectivity index (χ1n) is 8.39. The van der Waals surface area contributed by atoms with Gasteiger partial charge in [0.05, 0.1) is 19.3 Å². The van der Waals surface area contributed by atoms with Crippen LogP contribution < -0.4 is 10.1 Å². The van der Waals surface area contributed by atoms with E-state index < -0.39 is 11.6 Å². The van der Waals surface area contributed by atoms with Crippen LogP contribution in [0, 0.1) is 27.7 Å². The second-order valence-electron chi connectivity index (χ2n) is 6.82. The Morgan fingerprint density at radius 2 is 1.96 bits per heavy atom. The maximum absolute atomic E-state index is 13.1. The zero-order valence-electron chi connectivity index (χ0n) is 15.9.